The fourth-order valence-electron chi connectivity index (χ4n) is 2.68. The van der Waals surface area contributed by atoms with Crippen LogP contribution in [-0.4, -0.2) is 21.1 Å². The Bertz CT molecular complexity index is 841. The smallest absolute Gasteiger partial charge is 0.263 e. The molecule has 0 aromatic carbocycles. The second-order valence-corrected chi connectivity index (χ2v) is 7.14. The van der Waals surface area contributed by atoms with E-state index in [1.165, 1.54) is 22.8 Å². The van der Waals surface area contributed by atoms with Crippen LogP contribution < -0.4 is 16.4 Å². The van der Waals surface area contributed by atoms with Crippen molar-refractivity contribution in [1.29, 1.82) is 0 Å². The summed E-state index contributed by atoms with van der Waals surface area (Å²) in [5.41, 5.74) is 5.84. The highest BCUT2D eigenvalue weighted by Crippen LogP contribution is 2.38. The van der Waals surface area contributed by atoms with Crippen LogP contribution in [0.15, 0.2) is 4.79 Å². The Labute approximate surface area is 137 Å². The highest BCUT2D eigenvalue weighted by Gasteiger charge is 2.33. The van der Waals surface area contributed by atoms with Crippen LogP contribution in [0.3, 0.4) is 0 Å². The van der Waals surface area contributed by atoms with Gasteiger partial charge in [-0.05, 0) is 18.9 Å². The average Bonchev–Trinajstić information content (AvgIpc) is 2.86. The fraction of sp³-hybridized carbons (Fsp3) is 0.533. The summed E-state index contributed by atoms with van der Waals surface area (Å²) >= 11 is 1.48. The van der Waals surface area contributed by atoms with Gasteiger partial charge in [-0.3, -0.25) is 25.0 Å². The van der Waals surface area contributed by atoms with E-state index in [1.807, 2.05) is 0 Å². The van der Waals surface area contributed by atoms with E-state index in [9.17, 15) is 9.59 Å². The molecule has 3 rings (SSSR count). The van der Waals surface area contributed by atoms with Crippen LogP contribution in [0, 0.1) is 0 Å². The van der Waals surface area contributed by atoms with Crippen LogP contribution in [0.5, 0.6) is 0 Å². The van der Waals surface area contributed by atoms with Gasteiger partial charge in [0.2, 0.25) is 11.9 Å². The molecular formula is C15H20N4O3S. The zero-order valence-electron chi connectivity index (χ0n) is 13.6. The molecule has 1 amide bonds. The summed E-state index contributed by atoms with van der Waals surface area (Å²) < 4.78 is 7.37. The van der Waals surface area contributed by atoms with Crippen molar-refractivity contribution in [1.82, 2.24) is 15.0 Å². The Kier molecular flexibility index (Phi) is 3.89. The second kappa shape index (κ2) is 5.61. The van der Waals surface area contributed by atoms with Crippen LogP contribution in [0.2, 0.25) is 0 Å². The van der Waals surface area contributed by atoms with E-state index in [1.54, 1.807) is 7.05 Å². The van der Waals surface area contributed by atoms with Crippen molar-refractivity contribution in [3.8, 4) is 0 Å². The van der Waals surface area contributed by atoms with Crippen molar-refractivity contribution in [3.63, 3.8) is 0 Å². The minimum absolute atomic E-state index is 0.110. The van der Waals surface area contributed by atoms with Crippen molar-refractivity contribution in [3.05, 3.63) is 20.8 Å². The number of nitrogens with zero attached hydrogens (tertiary/aromatic N) is 2. The lowest BCUT2D eigenvalue weighted by molar-refractivity contribution is -0.118. The molecule has 0 saturated carbocycles. The molecule has 0 radical (unpaired) electrons. The molecule has 1 unspecified atom stereocenters. The van der Waals surface area contributed by atoms with Gasteiger partial charge in [-0.1, -0.05) is 6.92 Å². The van der Waals surface area contributed by atoms with Crippen molar-refractivity contribution in [2.75, 3.05) is 5.43 Å². The van der Waals surface area contributed by atoms with E-state index in [0.717, 1.165) is 16.9 Å². The average molecular weight is 336 g/mol. The molecule has 3 heterocycles. The van der Waals surface area contributed by atoms with Gasteiger partial charge in [0.25, 0.3) is 5.56 Å². The number of thiophene rings is 1. The summed E-state index contributed by atoms with van der Waals surface area (Å²) in [5.74, 6) is 0.0624. The summed E-state index contributed by atoms with van der Waals surface area (Å²) in [6.07, 6.45) is 1.61. The Hall–Kier alpha value is -1.93. The number of carbonyl (C=O) groups is 1. The highest BCUT2D eigenvalue weighted by atomic mass is 32.1. The molecule has 0 aliphatic carbocycles. The first kappa shape index (κ1) is 15.9. The number of aromatic nitrogens is 2. The van der Waals surface area contributed by atoms with E-state index in [0.29, 0.717) is 29.2 Å². The largest absolute Gasteiger partial charge is 0.369 e. The minimum atomic E-state index is -0.253. The molecule has 1 aliphatic heterocycles. The summed E-state index contributed by atoms with van der Waals surface area (Å²) in [6, 6.07) is 0. The zero-order chi connectivity index (χ0) is 16.8. The molecule has 2 aromatic rings. The monoisotopic (exact) mass is 336 g/mol. The van der Waals surface area contributed by atoms with Crippen LogP contribution in [0.1, 0.15) is 37.6 Å². The van der Waals surface area contributed by atoms with Crippen molar-refractivity contribution >= 4 is 33.4 Å². The van der Waals surface area contributed by atoms with Gasteiger partial charge in [0.15, 0.2) is 0 Å². The lowest BCUT2D eigenvalue weighted by Gasteiger charge is -2.32. The molecule has 2 N–H and O–H groups in total. The lowest BCUT2D eigenvalue weighted by Crippen LogP contribution is -2.35. The first-order chi connectivity index (χ1) is 10.8. The number of hydrazine groups is 1. The molecule has 7 nitrogen and oxygen atoms in total. The van der Waals surface area contributed by atoms with Gasteiger partial charge in [-0.2, -0.15) is 0 Å². The number of carbonyl (C=O) groups excluding carboxylic acids is 1. The van der Waals surface area contributed by atoms with Gasteiger partial charge < -0.3 is 4.74 Å². The third kappa shape index (κ3) is 2.72. The van der Waals surface area contributed by atoms with Crippen molar-refractivity contribution in [2.24, 2.45) is 7.05 Å². The summed E-state index contributed by atoms with van der Waals surface area (Å²) in [6.45, 7) is 6.06. The van der Waals surface area contributed by atoms with Gasteiger partial charge in [0.1, 0.15) is 4.83 Å². The number of nitrogens with one attached hydrogen (secondary N) is 2. The van der Waals surface area contributed by atoms with Crippen LogP contribution in [0.4, 0.5) is 5.95 Å². The van der Waals surface area contributed by atoms with E-state index in [4.69, 9.17) is 4.74 Å². The molecule has 124 valence electrons. The SMILES string of the molecule is CCC1(C)Cc2c(sc3nc(NNC(C)=O)n(C)c(=O)c23)CO1. The molecular weight excluding hydrogens is 316 g/mol. The number of anilines is 1. The molecule has 1 aliphatic rings. The zero-order valence-corrected chi connectivity index (χ0v) is 14.5. The standard InChI is InChI=1S/C15H20N4O3S/c1-5-15(3)6-9-10(7-22-15)23-12-11(9)13(21)19(4)14(16-12)18-17-8(2)20/h5-7H2,1-4H3,(H,16,18)(H,17,20). The Morgan fingerprint density at radius 1 is 1.52 bits per heavy atom. The number of hydrogen-bond acceptors (Lipinski definition) is 6. The van der Waals surface area contributed by atoms with Crippen LogP contribution >= 0.6 is 11.3 Å². The van der Waals surface area contributed by atoms with E-state index >= 15 is 0 Å². The molecule has 0 fully saturated rings. The Morgan fingerprint density at radius 2 is 2.26 bits per heavy atom. The van der Waals surface area contributed by atoms with E-state index in [-0.39, 0.29) is 17.1 Å². The molecule has 0 spiro atoms. The van der Waals surface area contributed by atoms with Gasteiger partial charge in [-0.15, -0.1) is 11.3 Å². The first-order valence-corrected chi connectivity index (χ1v) is 8.34. The Balaban J connectivity index is 2.12. The number of hydrogen-bond donors (Lipinski definition) is 2. The molecule has 0 saturated heterocycles. The summed E-state index contributed by atoms with van der Waals surface area (Å²) in [4.78, 5) is 30.0. The first-order valence-electron chi connectivity index (χ1n) is 7.52. The van der Waals surface area contributed by atoms with E-state index in [2.05, 4.69) is 29.7 Å². The van der Waals surface area contributed by atoms with Gasteiger partial charge in [-0.25, -0.2) is 4.98 Å². The molecule has 8 heteroatoms. The van der Waals surface area contributed by atoms with Crippen molar-refractivity contribution < 1.29 is 9.53 Å². The summed E-state index contributed by atoms with van der Waals surface area (Å²) in [5, 5.41) is 0.670. The molecule has 1 atom stereocenters. The third-order valence-electron chi connectivity index (χ3n) is 4.32. The maximum absolute atomic E-state index is 12.8. The summed E-state index contributed by atoms with van der Waals surface area (Å²) in [7, 11) is 1.64. The number of fused-ring (bicyclic) bond motifs is 3. The van der Waals surface area contributed by atoms with Crippen LogP contribution in [-0.2, 0) is 29.6 Å². The van der Waals surface area contributed by atoms with Gasteiger partial charge >= 0.3 is 0 Å². The highest BCUT2D eigenvalue weighted by molar-refractivity contribution is 7.18. The lowest BCUT2D eigenvalue weighted by atomic mass is 9.90. The second-order valence-electron chi connectivity index (χ2n) is 6.06. The topological polar surface area (TPSA) is 85.3 Å². The van der Waals surface area contributed by atoms with Crippen LogP contribution in [0.25, 0.3) is 10.2 Å². The van der Waals surface area contributed by atoms with Gasteiger partial charge in [0, 0.05) is 25.3 Å². The third-order valence-corrected chi connectivity index (χ3v) is 5.42. The minimum Gasteiger partial charge on any atom is -0.369 e. The normalized spacial score (nSPS) is 20.3. The quantitative estimate of drug-likeness (QED) is 0.833. The maximum Gasteiger partial charge on any atom is 0.263 e. The number of rotatable bonds is 3. The fourth-order valence-corrected chi connectivity index (χ4v) is 3.78. The molecule has 0 bridgehead atoms. The Morgan fingerprint density at radius 3 is 2.91 bits per heavy atom. The van der Waals surface area contributed by atoms with Gasteiger partial charge in [0.05, 0.1) is 17.6 Å². The molecule has 2 aromatic heterocycles. The van der Waals surface area contributed by atoms with Crippen molar-refractivity contribution in [2.45, 2.75) is 45.8 Å². The van der Waals surface area contributed by atoms with E-state index < -0.39 is 0 Å². The maximum atomic E-state index is 12.8. The predicted molar refractivity (Wildman–Crippen MR) is 89.5 cm³/mol. The predicted octanol–water partition coefficient (Wildman–Crippen LogP) is 1.70. The number of amides is 1. The molecule has 23 heavy (non-hydrogen) atoms. The number of ether oxygens (including phenoxy) is 1.